The average Bonchev–Trinajstić information content (AvgIpc) is 3.05. The SMILES string of the molecule is CCN(CC)CC(=O)Nc1c(C)cc(C)cc1C.CN1C2CCC1CC(OC(=O)c1ccccc1)C2. The molecule has 6 heteroatoms. The van der Waals surface area contributed by atoms with Crippen LogP contribution in [-0.2, 0) is 9.53 Å². The molecule has 0 saturated carbocycles. The number of hydrogen-bond donors (Lipinski definition) is 1. The van der Waals surface area contributed by atoms with Crippen LogP contribution in [0, 0.1) is 20.8 Å². The molecule has 196 valence electrons. The van der Waals surface area contributed by atoms with Crippen molar-refractivity contribution in [3.8, 4) is 0 Å². The van der Waals surface area contributed by atoms with E-state index in [0.717, 1.165) is 42.7 Å². The van der Waals surface area contributed by atoms with Crippen molar-refractivity contribution in [3.63, 3.8) is 0 Å². The summed E-state index contributed by atoms with van der Waals surface area (Å²) >= 11 is 0. The number of aryl methyl sites for hydroxylation is 3. The summed E-state index contributed by atoms with van der Waals surface area (Å²) in [5.41, 5.74) is 5.09. The number of ether oxygens (including phenoxy) is 1. The number of anilines is 1. The van der Waals surface area contributed by atoms with E-state index >= 15 is 0 Å². The van der Waals surface area contributed by atoms with Gasteiger partial charge in [0.05, 0.1) is 12.1 Å². The quantitative estimate of drug-likeness (QED) is 0.526. The maximum atomic E-state index is 12.0. The summed E-state index contributed by atoms with van der Waals surface area (Å²) in [6.07, 6.45) is 4.59. The Bertz CT molecular complexity index is 982. The Labute approximate surface area is 217 Å². The second-order valence-corrected chi connectivity index (χ2v) is 10.2. The van der Waals surface area contributed by atoms with Crippen molar-refractivity contribution in [3.05, 3.63) is 64.7 Å². The van der Waals surface area contributed by atoms with E-state index in [-0.39, 0.29) is 18.0 Å². The number of rotatable bonds is 7. The van der Waals surface area contributed by atoms with Gasteiger partial charge >= 0.3 is 5.97 Å². The molecule has 0 aromatic heterocycles. The minimum atomic E-state index is -0.176. The molecule has 6 nitrogen and oxygen atoms in total. The van der Waals surface area contributed by atoms with Gasteiger partial charge < -0.3 is 15.0 Å². The van der Waals surface area contributed by atoms with Crippen LogP contribution >= 0.6 is 0 Å². The van der Waals surface area contributed by atoms with Gasteiger partial charge in [-0.05, 0) is 77.0 Å². The molecular weight excluding hydrogens is 450 g/mol. The first kappa shape index (κ1) is 27.9. The van der Waals surface area contributed by atoms with Crippen molar-refractivity contribution in [2.75, 3.05) is 32.0 Å². The molecule has 2 fully saturated rings. The lowest BCUT2D eigenvalue weighted by Gasteiger charge is -2.35. The number of nitrogens with one attached hydrogen (secondary N) is 1. The number of esters is 1. The lowest BCUT2D eigenvalue weighted by molar-refractivity contribution is -0.117. The molecule has 1 amide bonds. The minimum absolute atomic E-state index is 0.0637. The van der Waals surface area contributed by atoms with Gasteiger partial charge in [0.25, 0.3) is 0 Å². The summed E-state index contributed by atoms with van der Waals surface area (Å²) in [5.74, 6) is -0.113. The van der Waals surface area contributed by atoms with Crippen LogP contribution in [0.15, 0.2) is 42.5 Å². The summed E-state index contributed by atoms with van der Waals surface area (Å²) in [5, 5.41) is 3.02. The zero-order valence-corrected chi connectivity index (χ0v) is 22.8. The monoisotopic (exact) mass is 493 g/mol. The summed E-state index contributed by atoms with van der Waals surface area (Å²) in [6.45, 7) is 12.5. The van der Waals surface area contributed by atoms with Gasteiger partial charge in [-0.25, -0.2) is 4.79 Å². The molecule has 36 heavy (non-hydrogen) atoms. The Morgan fingerprint density at radius 2 is 1.53 bits per heavy atom. The zero-order chi connectivity index (χ0) is 26.2. The molecular formula is C30H43N3O3. The third kappa shape index (κ3) is 7.40. The normalized spacial score (nSPS) is 21.0. The Balaban J connectivity index is 0.000000201. The van der Waals surface area contributed by atoms with Crippen molar-refractivity contribution >= 4 is 17.6 Å². The first-order valence-corrected chi connectivity index (χ1v) is 13.3. The number of piperidine rings is 1. The predicted octanol–water partition coefficient (Wildman–Crippen LogP) is 5.36. The van der Waals surface area contributed by atoms with Crippen molar-refractivity contribution in [1.29, 1.82) is 0 Å². The number of fused-ring (bicyclic) bond motifs is 2. The predicted molar refractivity (Wildman–Crippen MR) is 147 cm³/mol. The molecule has 2 saturated heterocycles. The number of likely N-dealkylation sites (N-methyl/N-ethyl adjacent to an activating group) is 1. The molecule has 0 aliphatic carbocycles. The van der Waals surface area contributed by atoms with Gasteiger partial charge in [0.1, 0.15) is 6.10 Å². The van der Waals surface area contributed by atoms with E-state index in [2.05, 4.69) is 55.1 Å². The summed E-state index contributed by atoms with van der Waals surface area (Å²) in [6, 6.07) is 14.7. The highest BCUT2D eigenvalue weighted by molar-refractivity contribution is 5.93. The van der Waals surface area contributed by atoms with E-state index in [1.165, 1.54) is 18.4 Å². The van der Waals surface area contributed by atoms with Crippen molar-refractivity contribution in [2.45, 2.75) is 78.5 Å². The van der Waals surface area contributed by atoms with Crippen molar-refractivity contribution in [1.82, 2.24) is 9.80 Å². The zero-order valence-electron chi connectivity index (χ0n) is 22.8. The summed E-state index contributed by atoms with van der Waals surface area (Å²) in [7, 11) is 2.19. The van der Waals surface area contributed by atoms with Crippen LogP contribution < -0.4 is 5.32 Å². The third-order valence-corrected chi connectivity index (χ3v) is 7.54. The number of hydrogen-bond acceptors (Lipinski definition) is 5. The van der Waals surface area contributed by atoms with Gasteiger partial charge in [-0.1, -0.05) is 49.7 Å². The topological polar surface area (TPSA) is 61.9 Å². The number of amides is 1. The highest BCUT2D eigenvalue weighted by atomic mass is 16.5. The molecule has 4 rings (SSSR count). The van der Waals surface area contributed by atoms with Gasteiger partial charge in [-0.3, -0.25) is 9.69 Å². The van der Waals surface area contributed by atoms with E-state index in [9.17, 15) is 9.59 Å². The molecule has 2 aliphatic rings. The molecule has 2 atom stereocenters. The molecule has 2 aromatic rings. The van der Waals surface area contributed by atoms with Gasteiger partial charge in [0.2, 0.25) is 5.91 Å². The molecule has 2 bridgehead atoms. The highest BCUT2D eigenvalue weighted by Crippen LogP contribution is 2.35. The van der Waals surface area contributed by atoms with Gasteiger partial charge in [-0.15, -0.1) is 0 Å². The number of benzene rings is 2. The Hall–Kier alpha value is -2.70. The molecule has 0 radical (unpaired) electrons. The van der Waals surface area contributed by atoms with E-state index in [0.29, 0.717) is 24.2 Å². The Kier molecular flexibility index (Phi) is 10.1. The Morgan fingerprint density at radius 3 is 2.06 bits per heavy atom. The molecule has 1 N–H and O–H groups in total. The Morgan fingerprint density at radius 1 is 0.972 bits per heavy atom. The van der Waals surface area contributed by atoms with Crippen molar-refractivity contribution in [2.24, 2.45) is 0 Å². The first-order valence-electron chi connectivity index (χ1n) is 13.3. The van der Waals surface area contributed by atoms with E-state index < -0.39 is 0 Å². The van der Waals surface area contributed by atoms with Crippen LogP contribution in [0.25, 0.3) is 0 Å². The maximum Gasteiger partial charge on any atom is 0.338 e. The number of carbonyl (C=O) groups excluding carboxylic acids is 2. The maximum absolute atomic E-state index is 12.0. The van der Waals surface area contributed by atoms with Gasteiger partial charge in [-0.2, -0.15) is 0 Å². The molecule has 2 aliphatic heterocycles. The average molecular weight is 494 g/mol. The van der Waals surface area contributed by atoms with E-state index in [1.54, 1.807) is 0 Å². The lowest BCUT2D eigenvalue weighted by atomic mass is 10.0. The third-order valence-electron chi connectivity index (χ3n) is 7.54. The van der Waals surface area contributed by atoms with Crippen LogP contribution in [0.5, 0.6) is 0 Å². The van der Waals surface area contributed by atoms with Gasteiger partial charge in [0.15, 0.2) is 0 Å². The fourth-order valence-corrected chi connectivity index (χ4v) is 5.46. The van der Waals surface area contributed by atoms with Crippen LogP contribution in [0.1, 0.15) is 66.6 Å². The minimum Gasteiger partial charge on any atom is -0.459 e. The van der Waals surface area contributed by atoms with Crippen LogP contribution in [0.2, 0.25) is 0 Å². The smallest absolute Gasteiger partial charge is 0.338 e. The highest BCUT2D eigenvalue weighted by Gasteiger charge is 2.39. The number of carbonyl (C=O) groups is 2. The second kappa shape index (κ2) is 13.0. The summed E-state index contributed by atoms with van der Waals surface area (Å²) < 4.78 is 5.64. The van der Waals surface area contributed by atoms with Crippen LogP contribution in [0.4, 0.5) is 5.69 Å². The molecule has 2 heterocycles. The fourth-order valence-electron chi connectivity index (χ4n) is 5.46. The lowest BCUT2D eigenvalue weighted by Crippen LogP contribution is -2.43. The van der Waals surface area contributed by atoms with E-state index in [1.807, 2.05) is 44.2 Å². The fraction of sp³-hybridized carbons (Fsp3) is 0.533. The van der Waals surface area contributed by atoms with Crippen LogP contribution in [0.3, 0.4) is 0 Å². The van der Waals surface area contributed by atoms with Crippen LogP contribution in [-0.4, -0.2) is 66.5 Å². The second-order valence-electron chi connectivity index (χ2n) is 10.2. The first-order chi connectivity index (χ1) is 17.2. The van der Waals surface area contributed by atoms with Crippen molar-refractivity contribution < 1.29 is 14.3 Å². The molecule has 2 unspecified atom stereocenters. The summed E-state index contributed by atoms with van der Waals surface area (Å²) in [4.78, 5) is 28.5. The largest absolute Gasteiger partial charge is 0.459 e. The number of nitrogens with zero attached hydrogens (tertiary/aromatic N) is 2. The molecule has 0 spiro atoms. The van der Waals surface area contributed by atoms with Gasteiger partial charge in [0, 0.05) is 30.6 Å². The van der Waals surface area contributed by atoms with E-state index in [4.69, 9.17) is 4.74 Å². The molecule has 2 aromatic carbocycles. The standard InChI is InChI=1S/C15H24N2O.C15H19NO2/c1-6-17(7-2)10-14(18)16-15-12(4)8-11(3)9-13(15)5;1-16-12-7-8-13(16)10-14(9-12)18-15(17)11-5-3-2-4-6-11/h8-9H,6-7,10H2,1-5H3,(H,16,18);2-6,12-14H,7-10H2,1H3.